The number of imide groups is 1. The highest BCUT2D eigenvalue weighted by molar-refractivity contribution is 6.00. The quantitative estimate of drug-likeness (QED) is 0.633. The van der Waals surface area contributed by atoms with Crippen molar-refractivity contribution in [1.82, 2.24) is 15.2 Å². The summed E-state index contributed by atoms with van der Waals surface area (Å²) < 4.78 is 0. The van der Waals surface area contributed by atoms with Crippen molar-refractivity contribution in [3.05, 3.63) is 30.1 Å². The smallest absolute Gasteiger partial charge is 0.232 e. The van der Waals surface area contributed by atoms with E-state index in [1.807, 2.05) is 18.3 Å². The van der Waals surface area contributed by atoms with Crippen molar-refractivity contribution in [3.8, 4) is 0 Å². The third-order valence-electron chi connectivity index (χ3n) is 4.45. The molecular formula is C16H21N3O2. The lowest BCUT2D eigenvalue weighted by Gasteiger charge is -2.29. The number of hydrogen-bond donors (Lipinski definition) is 1. The number of piperidine rings is 1. The number of nitrogens with zero attached hydrogens (tertiary/aromatic N) is 2. The third kappa shape index (κ3) is 3.13. The van der Waals surface area contributed by atoms with Crippen molar-refractivity contribution in [1.29, 1.82) is 0 Å². The van der Waals surface area contributed by atoms with Crippen molar-refractivity contribution < 1.29 is 9.59 Å². The number of pyridine rings is 1. The average Bonchev–Trinajstić information content (AvgIpc) is 2.96. The zero-order chi connectivity index (χ0) is 14.7. The number of hydrogen-bond acceptors (Lipinski definition) is 4. The second-order valence-corrected chi connectivity index (χ2v) is 5.93. The predicted molar refractivity (Wildman–Crippen MR) is 78.1 cm³/mol. The summed E-state index contributed by atoms with van der Waals surface area (Å²) in [7, 11) is 0. The van der Waals surface area contributed by atoms with Crippen LogP contribution in [0.25, 0.3) is 0 Å². The van der Waals surface area contributed by atoms with E-state index in [1.165, 1.54) is 4.90 Å². The Morgan fingerprint density at radius 2 is 2.00 bits per heavy atom. The summed E-state index contributed by atoms with van der Waals surface area (Å²) >= 11 is 0. The topological polar surface area (TPSA) is 62.3 Å². The molecule has 2 heterocycles. The van der Waals surface area contributed by atoms with Crippen LogP contribution >= 0.6 is 0 Å². The van der Waals surface area contributed by atoms with Gasteiger partial charge >= 0.3 is 0 Å². The highest BCUT2D eigenvalue weighted by Crippen LogP contribution is 2.37. The summed E-state index contributed by atoms with van der Waals surface area (Å²) in [5.41, 5.74) is 1.14. The number of amides is 2. The normalized spacial score (nSPS) is 24.7. The van der Waals surface area contributed by atoms with Crippen molar-refractivity contribution in [2.75, 3.05) is 13.1 Å². The first-order valence-electron chi connectivity index (χ1n) is 7.70. The number of fused-ring (bicyclic) bond motifs is 2. The number of rotatable bonds is 6. The van der Waals surface area contributed by atoms with Crippen molar-refractivity contribution in [3.63, 3.8) is 0 Å². The molecule has 21 heavy (non-hydrogen) atoms. The molecule has 2 atom stereocenters. The van der Waals surface area contributed by atoms with Gasteiger partial charge in [-0.2, -0.15) is 0 Å². The summed E-state index contributed by atoms with van der Waals surface area (Å²) in [6.07, 6.45) is 6.97. The highest BCUT2D eigenvalue weighted by Gasteiger charge is 2.44. The highest BCUT2D eigenvalue weighted by atomic mass is 16.2. The van der Waals surface area contributed by atoms with E-state index >= 15 is 0 Å². The number of nitrogens with one attached hydrogen (secondary N) is 1. The molecule has 5 heteroatoms. The summed E-state index contributed by atoms with van der Waals surface area (Å²) in [4.78, 5) is 29.9. The minimum atomic E-state index is 0.0565. The Bertz CT molecular complexity index is 496. The van der Waals surface area contributed by atoms with Gasteiger partial charge < -0.3 is 5.32 Å². The Kier molecular flexibility index (Phi) is 4.29. The molecule has 2 aliphatic rings. The van der Waals surface area contributed by atoms with Crippen LogP contribution in [0.3, 0.4) is 0 Å². The molecule has 2 fully saturated rings. The van der Waals surface area contributed by atoms with Crippen molar-refractivity contribution >= 4 is 11.8 Å². The lowest BCUT2D eigenvalue weighted by molar-refractivity contribution is -0.152. The predicted octanol–water partition coefficient (Wildman–Crippen LogP) is 1.35. The van der Waals surface area contributed by atoms with Gasteiger partial charge in [-0.05, 0) is 43.9 Å². The first kappa shape index (κ1) is 14.2. The number of aromatic nitrogens is 1. The van der Waals surface area contributed by atoms with Crippen LogP contribution < -0.4 is 5.32 Å². The van der Waals surface area contributed by atoms with Gasteiger partial charge in [0.15, 0.2) is 0 Å². The molecule has 0 aromatic carbocycles. The largest absolute Gasteiger partial charge is 0.313 e. The van der Waals surface area contributed by atoms with Gasteiger partial charge in [-0.3, -0.25) is 19.5 Å². The summed E-state index contributed by atoms with van der Waals surface area (Å²) in [6.45, 7) is 2.10. The molecular weight excluding hydrogens is 266 g/mol. The Labute approximate surface area is 124 Å². The summed E-state index contributed by atoms with van der Waals surface area (Å²) in [5.74, 6) is 0.328. The average molecular weight is 287 g/mol. The van der Waals surface area contributed by atoms with Crippen LogP contribution in [-0.4, -0.2) is 34.8 Å². The van der Waals surface area contributed by atoms with Crippen molar-refractivity contribution in [2.24, 2.45) is 11.8 Å². The minimum absolute atomic E-state index is 0.0565. The maximum atomic E-state index is 12.2. The summed E-state index contributed by atoms with van der Waals surface area (Å²) in [6, 6.07) is 3.94. The monoisotopic (exact) mass is 287 g/mol. The molecule has 1 aliphatic carbocycles. The number of likely N-dealkylation sites (tertiary alicyclic amines) is 1. The first-order valence-corrected chi connectivity index (χ1v) is 7.70. The molecule has 1 aliphatic heterocycles. The minimum Gasteiger partial charge on any atom is -0.313 e. The molecule has 0 radical (unpaired) electrons. The van der Waals surface area contributed by atoms with E-state index in [9.17, 15) is 9.59 Å². The zero-order valence-corrected chi connectivity index (χ0v) is 12.1. The van der Waals surface area contributed by atoms with E-state index in [2.05, 4.69) is 10.3 Å². The first-order chi connectivity index (χ1) is 10.3. The number of carbonyl (C=O) groups excluding carboxylic acids is 2. The van der Waals surface area contributed by atoms with Crippen LogP contribution in [0.2, 0.25) is 0 Å². The maximum Gasteiger partial charge on any atom is 0.232 e. The molecule has 2 bridgehead atoms. The van der Waals surface area contributed by atoms with Crippen molar-refractivity contribution in [2.45, 2.75) is 32.2 Å². The molecule has 5 nitrogen and oxygen atoms in total. The van der Waals surface area contributed by atoms with Gasteiger partial charge in [-0.15, -0.1) is 0 Å². The molecule has 1 N–H and O–H groups in total. The van der Waals surface area contributed by atoms with Crippen LogP contribution in [0, 0.1) is 11.8 Å². The molecule has 1 saturated carbocycles. The molecule has 2 unspecified atom stereocenters. The van der Waals surface area contributed by atoms with Gasteiger partial charge in [0.25, 0.3) is 0 Å². The Morgan fingerprint density at radius 1 is 1.24 bits per heavy atom. The van der Waals surface area contributed by atoms with Gasteiger partial charge in [0.05, 0.1) is 0 Å². The van der Waals surface area contributed by atoms with E-state index in [0.717, 1.165) is 44.3 Å². The van der Waals surface area contributed by atoms with Gasteiger partial charge in [0.1, 0.15) is 0 Å². The standard InChI is InChI=1S/C16H21N3O2/c20-15-13-4-5-14(9-13)16(21)19(15)8-2-7-18-11-12-3-1-6-17-10-12/h1,3,6,10,13-14,18H,2,4-5,7-9,11H2. The van der Waals surface area contributed by atoms with E-state index in [1.54, 1.807) is 6.20 Å². The Morgan fingerprint density at radius 3 is 2.67 bits per heavy atom. The van der Waals surface area contributed by atoms with Crippen LogP contribution in [-0.2, 0) is 16.1 Å². The fourth-order valence-corrected chi connectivity index (χ4v) is 3.30. The zero-order valence-electron chi connectivity index (χ0n) is 12.1. The fourth-order valence-electron chi connectivity index (χ4n) is 3.30. The van der Waals surface area contributed by atoms with Crippen LogP contribution in [0.1, 0.15) is 31.2 Å². The molecule has 112 valence electrons. The molecule has 1 aromatic heterocycles. The van der Waals surface area contributed by atoms with E-state index in [4.69, 9.17) is 0 Å². The lowest BCUT2D eigenvalue weighted by Crippen LogP contribution is -2.47. The maximum absolute atomic E-state index is 12.2. The second kappa shape index (κ2) is 6.35. The molecule has 0 spiro atoms. The Hall–Kier alpha value is -1.75. The lowest BCUT2D eigenvalue weighted by atomic mass is 9.97. The Balaban J connectivity index is 1.41. The van der Waals surface area contributed by atoms with E-state index in [-0.39, 0.29) is 23.7 Å². The van der Waals surface area contributed by atoms with Gasteiger partial charge in [0, 0.05) is 37.3 Å². The molecule has 1 saturated heterocycles. The van der Waals surface area contributed by atoms with Crippen LogP contribution in [0.5, 0.6) is 0 Å². The molecule has 1 aromatic rings. The van der Waals surface area contributed by atoms with Gasteiger partial charge in [-0.1, -0.05) is 6.07 Å². The van der Waals surface area contributed by atoms with Gasteiger partial charge in [0.2, 0.25) is 11.8 Å². The van der Waals surface area contributed by atoms with Crippen LogP contribution in [0.15, 0.2) is 24.5 Å². The van der Waals surface area contributed by atoms with Gasteiger partial charge in [-0.25, -0.2) is 0 Å². The summed E-state index contributed by atoms with van der Waals surface area (Å²) in [5, 5.41) is 3.32. The molecule has 2 amide bonds. The fraction of sp³-hybridized carbons (Fsp3) is 0.562. The third-order valence-corrected chi connectivity index (χ3v) is 4.45. The molecule has 3 rings (SSSR count). The van der Waals surface area contributed by atoms with E-state index < -0.39 is 0 Å². The van der Waals surface area contributed by atoms with E-state index in [0.29, 0.717) is 6.54 Å². The second-order valence-electron chi connectivity index (χ2n) is 5.93. The van der Waals surface area contributed by atoms with Crippen LogP contribution in [0.4, 0.5) is 0 Å². The number of carbonyl (C=O) groups is 2. The SMILES string of the molecule is O=C1C2CCC(C2)C(=O)N1CCCNCc1cccnc1.